The molecule has 1 rings (SSSR count). The SMILES string of the molecule is NC(CCOCC(F)F)c1ccc(Br)s1. The highest BCUT2D eigenvalue weighted by Gasteiger charge is 2.09. The molecule has 0 saturated carbocycles. The Bertz CT molecular complexity index is 295. The molecule has 1 unspecified atom stereocenters. The van der Waals surface area contributed by atoms with Gasteiger partial charge < -0.3 is 10.5 Å². The van der Waals surface area contributed by atoms with Crippen molar-refractivity contribution in [3.63, 3.8) is 0 Å². The lowest BCUT2D eigenvalue weighted by molar-refractivity contribution is 0.0153. The van der Waals surface area contributed by atoms with Crippen LogP contribution in [0.5, 0.6) is 0 Å². The van der Waals surface area contributed by atoms with E-state index in [-0.39, 0.29) is 12.6 Å². The monoisotopic (exact) mass is 299 g/mol. The summed E-state index contributed by atoms with van der Waals surface area (Å²) in [6.45, 7) is -0.248. The van der Waals surface area contributed by atoms with E-state index >= 15 is 0 Å². The molecule has 0 aliphatic heterocycles. The van der Waals surface area contributed by atoms with Crippen molar-refractivity contribution in [3.8, 4) is 0 Å². The van der Waals surface area contributed by atoms with Crippen LogP contribution in [-0.2, 0) is 4.74 Å². The first kappa shape index (κ1) is 13.0. The van der Waals surface area contributed by atoms with Crippen LogP contribution >= 0.6 is 27.3 Å². The molecule has 0 amide bonds. The topological polar surface area (TPSA) is 35.2 Å². The van der Waals surface area contributed by atoms with Gasteiger partial charge in [-0.15, -0.1) is 11.3 Å². The molecule has 0 radical (unpaired) electrons. The van der Waals surface area contributed by atoms with Crippen LogP contribution in [0.3, 0.4) is 0 Å². The largest absolute Gasteiger partial charge is 0.375 e. The molecule has 15 heavy (non-hydrogen) atoms. The Hall–Kier alpha value is -0.0400. The lowest BCUT2D eigenvalue weighted by Gasteiger charge is -2.09. The summed E-state index contributed by atoms with van der Waals surface area (Å²) in [5.41, 5.74) is 5.85. The lowest BCUT2D eigenvalue weighted by atomic mass is 10.2. The quantitative estimate of drug-likeness (QED) is 0.819. The summed E-state index contributed by atoms with van der Waals surface area (Å²) in [5.74, 6) is 0. The van der Waals surface area contributed by atoms with Crippen molar-refractivity contribution in [2.24, 2.45) is 5.73 Å². The van der Waals surface area contributed by atoms with Crippen LogP contribution < -0.4 is 5.73 Å². The predicted molar refractivity (Wildman–Crippen MR) is 60.4 cm³/mol. The zero-order valence-corrected chi connectivity index (χ0v) is 10.4. The predicted octanol–water partition coefficient (Wildman–Crippen LogP) is 3.18. The Balaban J connectivity index is 2.21. The van der Waals surface area contributed by atoms with Gasteiger partial charge in [-0.2, -0.15) is 0 Å². The lowest BCUT2D eigenvalue weighted by Crippen LogP contribution is -2.13. The zero-order valence-electron chi connectivity index (χ0n) is 7.96. The van der Waals surface area contributed by atoms with Crippen molar-refractivity contribution in [2.45, 2.75) is 18.9 Å². The first-order valence-electron chi connectivity index (χ1n) is 4.46. The van der Waals surface area contributed by atoms with E-state index in [2.05, 4.69) is 15.9 Å². The van der Waals surface area contributed by atoms with Gasteiger partial charge in [-0.3, -0.25) is 0 Å². The van der Waals surface area contributed by atoms with Crippen LogP contribution in [0.4, 0.5) is 8.78 Å². The van der Waals surface area contributed by atoms with Crippen LogP contribution in [-0.4, -0.2) is 19.6 Å². The minimum Gasteiger partial charge on any atom is -0.375 e. The molecule has 0 aromatic carbocycles. The van der Waals surface area contributed by atoms with Gasteiger partial charge in [-0.1, -0.05) is 0 Å². The average molecular weight is 300 g/mol. The van der Waals surface area contributed by atoms with Gasteiger partial charge in [0, 0.05) is 17.5 Å². The number of halogens is 3. The number of hydrogen-bond acceptors (Lipinski definition) is 3. The minimum absolute atomic E-state index is 0.140. The standard InChI is InChI=1S/C9H12BrF2NOS/c10-8-2-1-7(15-8)6(13)3-4-14-5-9(11)12/h1-2,6,9H,3-5,13H2. The molecule has 1 aromatic rings. The van der Waals surface area contributed by atoms with E-state index in [0.717, 1.165) is 8.66 Å². The number of rotatable bonds is 6. The summed E-state index contributed by atoms with van der Waals surface area (Å²) in [5, 5.41) is 0. The molecular formula is C9H12BrF2NOS. The third kappa shape index (κ3) is 5.01. The van der Waals surface area contributed by atoms with Gasteiger partial charge in [0.25, 0.3) is 6.43 Å². The third-order valence-corrected chi connectivity index (χ3v) is 3.53. The fraction of sp³-hybridized carbons (Fsp3) is 0.556. The van der Waals surface area contributed by atoms with Crippen molar-refractivity contribution < 1.29 is 13.5 Å². The second-order valence-corrected chi connectivity index (χ2v) is 5.50. The Morgan fingerprint density at radius 1 is 1.47 bits per heavy atom. The van der Waals surface area contributed by atoms with Crippen molar-refractivity contribution in [1.29, 1.82) is 0 Å². The Kier molecular flexibility index (Phi) is 5.66. The van der Waals surface area contributed by atoms with E-state index in [1.54, 1.807) is 11.3 Å². The molecular weight excluding hydrogens is 288 g/mol. The number of ether oxygens (including phenoxy) is 1. The summed E-state index contributed by atoms with van der Waals surface area (Å²) >= 11 is 4.88. The average Bonchev–Trinajstić information content (AvgIpc) is 2.59. The van der Waals surface area contributed by atoms with Crippen LogP contribution in [0.15, 0.2) is 15.9 Å². The molecule has 86 valence electrons. The molecule has 6 heteroatoms. The van der Waals surface area contributed by atoms with Gasteiger partial charge in [0.05, 0.1) is 3.79 Å². The van der Waals surface area contributed by atoms with Crippen LogP contribution in [0.1, 0.15) is 17.3 Å². The van der Waals surface area contributed by atoms with Gasteiger partial charge >= 0.3 is 0 Å². The number of thiophene rings is 1. The van der Waals surface area contributed by atoms with Crippen LogP contribution in [0, 0.1) is 0 Å². The first-order valence-corrected chi connectivity index (χ1v) is 6.07. The fourth-order valence-electron chi connectivity index (χ4n) is 1.05. The smallest absolute Gasteiger partial charge is 0.261 e. The van der Waals surface area contributed by atoms with E-state index in [1.165, 1.54) is 0 Å². The number of hydrogen-bond donors (Lipinski definition) is 1. The molecule has 0 spiro atoms. The third-order valence-electron chi connectivity index (χ3n) is 1.78. The molecule has 0 aliphatic rings. The summed E-state index contributed by atoms with van der Waals surface area (Å²) in [6.07, 6.45) is -1.85. The van der Waals surface area contributed by atoms with Gasteiger partial charge in [-0.05, 0) is 34.5 Å². The zero-order chi connectivity index (χ0) is 11.3. The van der Waals surface area contributed by atoms with Crippen LogP contribution in [0.2, 0.25) is 0 Å². The summed E-state index contributed by atoms with van der Waals surface area (Å²) in [6, 6.07) is 3.70. The van der Waals surface area contributed by atoms with Gasteiger partial charge in [0.1, 0.15) is 6.61 Å². The highest BCUT2D eigenvalue weighted by atomic mass is 79.9. The highest BCUT2D eigenvalue weighted by Crippen LogP contribution is 2.27. The molecule has 2 nitrogen and oxygen atoms in total. The molecule has 0 saturated heterocycles. The van der Waals surface area contributed by atoms with E-state index < -0.39 is 13.0 Å². The maximum absolute atomic E-state index is 11.7. The fourth-order valence-corrected chi connectivity index (χ4v) is 2.51. The minimum atomic E-state index is -2.41. The van der Waals surface area contributed by atoms with E-state index in [1.807, 2.05) is 12.1 Å². The summed E-state index contributed by atoms with van der Waals surface area (Å²) in [4.78, 5) is 1.03. The van der Waals surface area contributed by atoms with Crippen molar-refractivity contribution in [3.05, 3.63) is 20.8 Å². The molecule has 0 bridgehead atoms. The molecule has 2 N–H and O–H groups in total. The van der Waals surface area contributed by atoms with Crippen LogP contribution in [0.25, 0.3) is 0 Å². The number of alkyl halides is 2. The highest BCUT2D eigenvalue weighted by molar-refractivity contribution is 9.11. The summed E-state index contributed by atoms with van der Waals surface area (Å²) in [7, 11) is 0. The second kappa shape index (κ2) is 6.52. The molecule has 0 aliphatic carbocycles. The normalized spacial score (nSPS) is 13.4. The van der Waals surface area contributed by atoms with Gasteiger partial charge in [0.2, 0.25) is 0 Å². The maximum atomic E-state index is 11.7. The summed E-state index contributed by atoms with van der Waals surface area (Å²) < 4.78 is 29.2. The van der Waals surface area contributed by atoms with Gasteiger partial charge in [0.15, 0.2) is 0 Å². The van der Waals surface area contributed by atoms with E-state index in [9.17, 15) is 8.78 Å². The number of nitrogens with two attached hydrogens (primary N) is 1. The van der Waals surface area contributed by atoms with Crippen molar-refractivity contribution in [2.75, 3.05) is 13.2 Å². The first-order chi connectivity index (χ1) is 7.09. The Labute approximate surface area is 99.5 Å². The van der Waals surface area contributed by atoms with E-state index in [0.29, 0.717) is 6.42 Å². The molecule has 1 atom stereocenters. The molecule has 1 aromatic heterocycles. The second-order valence-electron chi connectivity index (χ2n) is 3.00. The van der Waals surface area contributed by atoms with E-state index in [4.69, 9.17) is 10.5 Å². The van der Waals surface area contributed by atoms with Gasteiger partial charge in [-0.25, -0.2) is 8.78 Å². The molecule has 0 fully saturated rings. The molecule has 1 heterocycles. The Morgan fingerprint density at radius 2 is 2.20 bits per heavy atom. The Morgan fingerprint density at radius 3 is 2.73 bits per heavy atom. The van der Waals surface area contributed by atoms with Crippen molar-refractivity contribution >= 4 is 27.3 Å². The maximum Gasteiger partial charge on any atom is 0.261 e. The van der Waals surface area contributed by atoms with Crippen molar-refractivity contribution in [1.82, 2.24) is 0 Å².